The van der Waals surface area contributed by atoms with Gasteiger partial charge < -0.3 is 0 Å². The summed E-state index contributed by atoms with van der Waals surface area (Å²) in [5.74, 6) is 0. The van der Waals surface area contributed by atoms with Crippen LogP contribution in [0.25, 0.3) is 50.8 Å². The Morgan fingerprint density at radius 3 is 2.06 bits per heavy atom. The highest BCUT2D eigenvalue weighted by Gasteiger charge is 2.35. The van der Waals surface area contributed by atoms with E-state index in [1.807, 2.05) is 18.2 Å². The molecule has 0 spiro atoms. The summed E-state index contributed by atoms with van der Waals surface area (Å²) in [7, 11) is 0. The van der Waals surface area contributed by atoms with Crippen molar-refractivity contribution in [1.29, 1.82) is 0 Å². The Balaban J connectivity index is 1.88. The molecule has 0 amide bonds. The fourth-order valence-corrected chi connectivity index (χ4v) is 5.75. The van der Waals surface area contributed by atoms with E-state index in [1.54, 1.807) is 0 Å². The molecular formula is C34H30. The van der Waals surface area contributed by atoms with Crippen LogP contribution in [0.15, 0.2) is 98.6 Å². The third-order valence-corrected chi connectivity index (χ3v) is 7.39. The quantitative estimate of drug-likeness (QED) is 0.272. The molecular weight excluding hydrogens is 408 g/mol. The number of allylic oxidation sites excluding steroid dienone is 3. The molecule has 0 unspecified atom stereocenters. The number of hydrogen-bond donors (Lipinski definition) is 0. The van der Waals surface area contributed by atoms with E-state index in [-0.39, 0.29) is 5.41 Å². The van der Waals surface area contributed by atoms with E-state index >= 15 is 0 Å². The van der Waals surface area contributed by atoms with Gasteiger partial charge in [0, 0.05) is 5.41 Å². The lowest BCUT2D eigenvalue weighted by atomic mass is 9.79. The Labute approximate surface area is 203 Å². The molecule has 0 bridgehead atoms. The minimum Gasteiger partial charge on any atom is -0.0985 e. The van der Waals surface area contributed by atoms with Gasteiger partial charge in [-0.05, 0) is 79.4 Å². The molecule has 4 aromatic carbocycles. The van der Waals surface area contributed by atoms with Gasteiger partial charge in [0.1, 0.15) is 0 Å². The van der Waals surface area contributed by atoms with Gasteiger partial charge in [-0.15, -0.1) is 0 Å². The minimum absolute atomic E-state index is 0.0474. The zero-order valence-corrected chi connectivity index (χ0v) is 20.3. The summed E-state index contributed by atoms with van der Waals surface area (Å²) in [5.41, 5.74) is 12.3. The van der Waals surface area contributed by atoms with Gasteiger partial charge in [-0.3, -0.25) is 0 Å². The smallest absolute Gasteiger partial charge is 0.0159 e. The molecule has 5 rings (SSSR count). The first kappa shape index (κ1) is 21.9. The molecule has 0 N–H and O–H groups in total. The van der Waals surface area contributed by atoms with Crippen LogP contribution in [0.5, 0.6) is 0 Å². The SMILES string of the molecule is C=C/C(=C\C)c1c(C=C)c(C=C)c(-c2ccc3c(c2)C(C)(C)c2ccccc2-3)c2ccccc12. The Morgan fingerprint density at radius 2 is 1.38 bits per heavy atom. The molecule has 0 radical (unpaired) electrons. The molecule has 166 valence electrons. The lowest BCUT2D eigenvalue weighted by molar-refractivity contribution is 0.660. The van der Waals surface area contributed by atoms with Crippen molar-refractivity contribution >= 4 is 28.5 Å². The van der Waals surface area contributed by atoms with Crippen molar-refractivity contribution in [2.45, 2.75) is 26.2 Å². The highest BCUT2D eigenvalue weighted by atomic mass is 14.4. The number of benzene rings is 4. The fourth-order valence-electron chi connectivity index (χ4n) is 5.75. The van der Waals surface area contributed by atoms with Crippen molar-refractivity contribution in [1.82, 2.24) is 0 Å². The van der Waals surface area contributed by atoms with Crippen LogP contribution < -0.4 is 0 Å². The second-order valence-corrected chi connectivity index (χ2v) is 9.41. The van der Waals surface area contributed by atoms with Crippen LogP contribution in [0, 0.1) is 0 Å². The van der Waals surface area contributed by atoms with Gasteiger partial charge in [-0.1, -0.05) is 119 Å². The van der Waals surface area contributed by atoms with Crippen molar-refractivity contribution in [3.05, 3.63) is 126 Å². The summed E-state index contributed by atoms with van der Waals surface area (Å²) in [6.45, 7) is 19.2. The van der Waals surface area contributed by atoms with Crippen molar-refractivity contribution in [2.24, 2.45) is 0 Å². The van der Waals surface area contributed by atoms with Crippen LogP contribution in [0.2, 0.25) is 0 Å². The maximum atomic E-state index is 4.23. The van der Waals surface area contributed by atoms with E-state index in [0.717, 1.165) is 22.3 Å². The summed E-state index contributed by atoms with van der Waals surface area (Å²) in [6.07, 6.45) is 7.98. The predicted molar refractivity (Wildman–Crippen MR) is 151 cm³/mol. The van der Waals surface area contributed by atoms with Crippen molar-refractivity contribution in [3.63, 3.8) is 0 Å². The average molecular weight is 439 g/mol. The Kier molecular flexibility index (Phi) is 5.25. The normalized spacial score (nSPS) is 13.9. The van der Waals surface area contributed by atoms with Crippen LogP contribution in [-0.2, 0) is 5.41 Å². The van der Waals surface area contributed by atoms with Gasteiger partial charge in [0.05, 0.1) is 0 Å². The van der Waals surface area contributed by atoms with Gasteiger partial charge >= 0.3 is 0 Å². The molecule has 0 saturated heterocycles. The first-order valence-corrected chi connectivity index (χ1v) is 11.8. The molecule has 0 heterocycles. The molecule has 0 saturated carbocycles. The van der Waals surface area contributed by atoms with Crippen molar-refractivity contribution in [2.75, 3.05) is 0 Å². The lowest BCUT2D eigenvalue weighted by Crippen LogP contribution is -2.15. The summed E-state index contributed by atoms with van der Waals surface area (Å²) in [4.78, 5) is 0. The maximum Gasteiger partial charge on any atom is 0.0159 e. The lowest BCUT2D eigenvalue weighted by Gasteiger charge is -2.24. The second kappa shape index (κ2) is 8.15. The maximum absolute atomic E-state index is 4.23. The molecule has 0 atom stereocenters. The highest BCUT2D eigenvalue weighted by Crippen LogP contribution is 2.50. The third-order valence-electron chi connectivity index (χ3n) is 7.39. The molecule has 0 fully saturated rings. The van der Waals surface area contributed by atoms with E-state index in [9.17, 15) is 0 Å². The summed E-state index contributed by atoms with van der Waals surface area (Å²) < 4.78 is 0. The Morgan fingerprint density at radius 1 is 0.735 bits per heavy atom. The molecule has 0 nitrogen and oxygen atoms in total. The van der Waals surface area contributed by atoms with E-state index in [2.05, 4.69) is 113 Å². The van der Waals surface area contributed by atoms with Gasteiger partial charge in [-0.2, -0.15) is 0 Å². The zero-order valence-electron chi connectivity index (χ0n) is 20.3. The van der Waals surface area contributed by atoms with Crippen molar-refractivity contribution < 1.29 is 0 Å². The van der Waals surface area contributed by atoms with E-state index in [4.69, 9.17) is 0 Å². The molecule has 0 aliphatic heterocycles. The van der Waals surface area contributed by atoms with Crippen LogP contribution in [-0.4, -0.2) is 0 Å². The number of rotatable bonds is 5. The topological polar surface area (TPSA) is 0 Å². The molecule has 1 aliphatic rings. The summed E-state index contributed by atoms with van der Waals surface area (Å²) in [6, 6.07) is 24.4. The number of hydrogen-bond acceptors (Lipinski definition) is 0. The molecule has 1 aliphatic carbocycles. The van der Waals surface area contributed by atoms with Crippen LogP contribution in [0.1, 0.15) is 48.6 Å². The summed E-state index contributed by atoms with van der Waals surface area (Å²) >= 11 is 0. The molecule has 0 heteroatoms. The van der Waals surface area contributed by atoms with Crippen LogP contribution in [0.4, 0.5) is 0 Å². The predicted octanol–water partition coefficient (Wildman–Crippen LogP) is 9.69. The third kappa shape index (κ3) is 2.99. The molecule has 34 heavy (non-hydrogen) atoms. The van der Waals surface area contributed by atoms with Gasteiger partial charge in [0.2, 0.25) is 0 Å². The van der Waals surface area contributed by atoms with Gasteiger partial charge in [0.15, 0.2) is 0 Å². The largest absolute Gasteiger partial charge is 0.0985 e. The van der Waals surface area contributed by atoms with Crippen LogP contribution in [0.3, 0.4) is 0 Å². The summed E-state index contributed by atoms with van der Waals surface area (Å²) in [5, 5.41) is 2.42. The monoisotopic (exact) mass is 438 g/mol. The Hall–Kier alpha value is -3.90. The zero-order chi connectivity index (χ0) is 24.0. The average Bonchev–Trinajstić information content (AvgIpc) is 3.10. The fraction of sp³-hybridized carbons (Fsp3) is 0.118. The van der Waals surface area contributed by atoms with Crippen molar-refractivity contribution in [3.8, 4) is 22.3 Å². The molecule has 4 aromatic rings. The Bertz CT molecular complexity index is 1520. The minimum atomic E-state index is -0.0474. The first-order chi connectivity index (χ1) is 16.5. The second-order valence-electron chi connectivity index (χ2n) is 9.41. The van der Waals surface area contributed by atoms with Crippen LogP contribution >= 0.6 is 0 Å². The van der Waals surface area contributed by atoms with E-state index in [1.165, 1.54) is 44.2 Å². The number of fused-ring (bicyclic) bond motifs is 4. The first-order valence-electron chi connectivity index (χ1n) is 11.8. The molecule has 0 aromatic heterocycles. The highest BCUT2D eigenvalue weighted by molar-refractivity contribution is 6.10. The van der Waals surface area contributed by atoms with Gasteiger partial charge in [0.25, 0.3) is 0 Å². The van der Waals surface area contributed by atoms with E-state index in [0.29, 0.717) is 0 Å². The standard InChI is InChI=1S/C34H30/c1-7-22(8-2)32-24(9-3)25(10-4)33(29-17-12-11-16-28(29)32)23-19-20-27-26-15-13-14-18-30(26)34(5,6)31(27)21-23/h7-21H,1,3-4H2,2,5-6H3/b22-8+. The van der Waals surface area contributed by atoms with Gasteiger partial charge in [-0.25, -0.2) is 0 Å². The van der Waals surface area contributed by atoms with E-state index < -0.39 is 0 Å².